The Bertz CT molecular complexity index is 331. The monoisotopic (exact) mass is 252 g/mol. The lowest BCUT2D eigenvalue weighted by Crippen LogP contribution is -1.99. The lowest BCUT2D eigenvalue weighted by atomic mass is 10.2. The summed E-state index contributed by atoms with van der Waals surface area (Å²) in [5.41, 5.74) is 0.541. The number of aliphatic hydroxyl groups excluding tert-OH is 1. The molecule has 0 spiro atoms. The average Bonchev–Trinajstić information content (AvgIpc) is 2.25. The number of rotatable bonds is 5. The third-order valence-electron chi connectivity index (χ3n) is 1.83. The first-order chi connectivity index (χ1) is 7.20. The van der Waals surface area contributed by atoms with Crippen LogP contribution in [0.25, 0.3) is 0 Å². The Balaban J connectivity index is 2.77. The second-order valence-electron chi connectivity index (χ2n) is 2.90. The molecule has 0 saturated carbocycles. The van der Waals surface area contributed by atoms with E-state index in [-0.39, 0.29) is 23.3 Å². The number of hydrogen-bond donors (Lipinski definition) is 1. The lowest BCUT2D eigenvalue weighted by Gasteiger charge is -2.10. The predicted molar refractivity (Wildman–Crippen MR) is 58.5 cm³/mol. The van der Waals surface area contributed by atoms with Crippen LogP contribution in [-0.4, -0.2) is 18.4 Å². The molecule has 0 aliphatic carbocycles. The van der Waals surface area contributed by atoms with Crippen molar-refractivity contribution in [3.05, 3.63) is 27.7 Å². The van der Waals surface area contributed by atoms with Gasteiger partial charge >= 0.3 is 0 Å². The highest BCUT2D eigenvalue weighted by atomic mass is 35.5. The molecule has 1 aromatic rings. The van der Waals surface area contributed by atoms with Gasteiger partial charge in [-0.15, -0.1) is 0 Å². The molecule has 0 unspecified atom stereocenters. The summed E-state index contributed by atoms with van der Waals surface area (Å²) in [6, 6.07) is 3.23. The summed E-state index contributed by atoms with van der Waals surface area (Å²) >= 11 is 11.8. The maximum Gasteiger partial charge on any atom is 0.139 e. The molecule has 0 bridgehead atoms. The Morgan fingerprint density at radius 2 is 2.00 bits per heavy atom. The van der Waals surface area contributed by atoms with E-state index >= 15 is 0 Å². The average molecular weight is 253 g/mol. The lowest BCUT2D eigenvalue weighted by molar-refractivity contribution is 0.280. The van der Waals surface area contributed by atoms with E-state index in [1.807, 2.05) is 0 Å². The Kier molecular flexibility index (Phi) is 5.15. The van der Waals surface area contributed by atoms with Gasteiger partial charge < -0.3 is 9.84 Å². The van der Waals surface area contributed by atoms with Crippen LogP contribution >= 0.6 is 23.2 Å². The van der Waals surface area contributed by atoms with Crippen molar-refractivity contribution in [2.45, 2.75) is 13.0 Å². The summed E-state index contributed by atoms with van der Waals surface area (Å²) in [5, 5.41) is 9.44. The fourth-order valence-electron chi connectivity index (χ4n) is 1.04. The van der Waals surface area contributed by atoms with Crippen molar-refractivity contribution in [1.29, 1.82) is 0 Å². The minimum absolute atomic E-state index is 0.177. The van der Waals surface area contributed by atoms with Gasteiger partial charge in [-0.05, 0) is 11.6 Å². The fourth-order valence-corrected chi connectivity index (χ4v) is 1.50. The second-order valence-corrected chi connectivity index (χ2v) is 3.66. The predicted octanol–water partition coefficient (Wildman–Crippen LogP) is 3.22. The van der Waals surface area contributed by atoms with E-state index in [9.17, 15) is 4.39 Å². The summed E-state index contributed by atoms with van der Waals surface area (Å²) in [5.74, 6) is 0.410. The molecule has 0 aromatic heterocycles. The molecular weight excluding hydrogens is 242 g/mol. The molecule has 2 nitrogen and oxygen atoms in total. The number of aliphatic hydroxyl groups is 1. The fraction of sp³-hybridized carbons (Fsp3) is 0.400. The van der Waals surface area contributed by atoms with Gasteiger partial charge in [-0.1, -0.05) is 29.3 Å². The largest absolute Gasteiger partial charge is 0.492 e. The van der Waals surface area contributed by atoms with Gasteiger partial charge in [0.05, 0.1) is 24.9 Å². The first kappa shape index (κ1) is 12.6. The topological polar surface area (TPSA) is 29.5 Å². The van der Waals surface area contributed by atoms with Crippen LogP contribution in [-0.2, 0) is 6.61 Å². The van der Waals surface area contributed by atoms with Gasteiger partial charge in [-0.3, -0.25) is 4.39 Å². The van der Waals surface area contributed by atoms with Crippen molar-refractivity contribution >= 4 is 23.2 Å². The van der Waals surface area contributed by atoms with E-state index in [0.717, 1.165) is 0 Å². The first-order valence-corrected chi connectivity index (χ1v) is 5.22. The van der Waals surface area contributed by atoms with Crippen LogP contribution < -0.4 is 4.74 Å². The quantitative estimate of drug-likeness (QED) is 0.816. The minimum Gasteiger partial charge on any atom is -0.492 e. The zero-order valence-electron chi connectivity index (χ0n) is 7.97. The summed E-state index contributed by atoms with van der Waals surface area (Å²) < 4.78 is 17.0. The smallest absolute Gasteiger partial charge is 0.139 e. The van der Waals surface area contributed by atoms with E-state index in [1.165, 1.54) is 0 Å². The molecule has 0 aliphatic rings. The van der Waals surface area contributed by atoms with E-state index in [2.05, 4.69) is 0 Å². The number of alkyl halides is 1. The first-order valence-electron chi connectivity index (χ1n) is 4.47. The van der Waals surface area contributed by atoms with Crippen molar-refractivity contribution in [3.63, 3.8) is 0 Å². The van der Waals surface area contributed by atoms with E-state index in [4.69, 9.17) is 33.0 Å². The highest BCUT2D eigenvalue weighted by Crippen LogP contribution is 2.34. The van der Waals surface area contributed by atoms with E-state index in [1.54, 1.807) is 12.1 Å². The van der Waals surface area contributed by atoms with Gasteiger partial charge in [0.25, 0.3) is 0 Å². The molecule has 0 atom stereocenters. The van der Waals surface area contributed by atoms with Crippen molar-refractivity contribution < 1.29 is 14.2 Å². The summed E-state index contributed by atoms with van der Waals surface area (Å²) in [7, 11) is 0. The van der Waals surface area contributed by atoms with Crippen molar-refractivity contribution in [2.24, 2.45) is 0 Å². The van der Waals surface area contributed by atoms with Gasteiger partial charge in [0.2, 0.25) is 0 Å². The number of benzene rings is 1. The maximum atomic E-state index is 11.8. The van der Waals surface area contributed by atoms with E-state index < -0.39 is 6.67 Å². The Labute approximate surface area is 97.6 Å². The minimum atomic E-state index is -0.430. The zero-order chi connectivity index (χ0) is 11.3. The third kappa shape index (κ3) is 3.23. The Morgan fingerprint density at radius 1 is 1.27 bits per heavy atom. The molecule has 1 N–H and O–H groups in total. The molecule has 5 heteroatoms. The van der Waals surface area contributed by atoms with Crippen molar-refractivity contribution in [2.75, 3.05) is 13.3 Å². The second kappa shape index (κ2) is 6.16. The standard InChI is InChI=1S/C10H11Cl2FO2/c11-9-7(6-14)2-3-8(10(9)12)15-5-1-4-13/h2-3,14H,1,4-6H2. The molecule has 1 rings (SSSR count). The number of hydrogen-bond acceptors (Lipinski definition) is 2. The molecule has 0 aliphatic heterocycles. The molecule has 15 heavy (non-hydrogen) atoms. The van der Waals surface area contributed by atoms with Crippen molar-refractivity contribution in [3.8, 4) is 5.75 Å². The molecule has 0 fully saturated rings. The van der Waals surface area contributed by atoms with Crippen LogP contribution in [0.3, 0.4) is 0 Å². The van der Waals surface area contributed by atoms with Gasteiger partial charge in [0.1, 0.15) is 10.8 Å². The molecular formula is C10H11Cl2FO2. The number of halogens is 3. The van der Waals surface area contributed by atoms with Gasteiger partial charge in [-0.2, -0.15) is 0 Å². The van der Waals surface area contributed by atoms with Crippen molar-refractivity contribution in [1.82, 2.24) is 0 Å². The highest BCUT2D eigenvalue weighted by molar-refractivity contribution is 6.43. The Hall–Kier alpha value is -0.510. The van der Waals surface area contributed by atoms with Gasteiger partial charge in [-0.25, -0.2) is 0 Å². The zero-order valence-corrected chi connectivity index (χ0v) is 9.48. The maximum absolute atomic E-state index is 11.8. The molecule has 1 aromatic carbocycles. The number of ether oxygens (including phenoxy) is 1. The molecule has 0 saturated heterocycles. The molecule has 84 valence electrons. The van der Waals surface area contributed by atoms with Crippen LogP contribution in [0.2, 0.25) is 10.0 Å². The summed E-state index contributed by atoms with van der Waals surface area (Å²) in [6.45, 7) is -0.353. The van der Waals surface area contributed by atoms with Gasteiger partial charge in [0.15, 0.2) is 0 Å². The summed E-state index contributed by atoms with van der Waals surface area (Å²) in [6.07, 6.45) is 0.315. The van der Waals surface area contributed by atoms with Crippen LogP contribution in [0.5, 0.6) is 5.75 Å². The van der Waals surface area contributed by atoms with Crippen LogP contribution in [0.15, 0.2) is 12.1 Å². The van der Waals surface area contributed by atoms with Crippen LogP contribution in [0.4, 0.5) is 4.39 Å². The third-order valence-corrected chi connectivity index (χ3v) is 2.74. The normalized spacial score (nSPS) is 10.4. The molecule has 0 amide bonds. The molecule has 0 heterocycles. The SMILES string of the molecule is OCc1ccc(OCCCF)c(Cl)c1Cl. The molecule has 0 radical (unpaired) electrons. The highest BCUT2D eigenvalue weighted by Gasteiger charge is 2.10. The van der Waals surface area contributed by atoms with Gasteiger partial charge in [0, 0.05) is 6.42 Å². The Morgan fingerprint density at radius 3 is 2.60 bits per heavy atom. The van der Waals surface area contributed by atoms with Crippen LogP contribution in [0.1, 0.15) is 12.0 Å². The van der Waals surface area contributed by atoms with Crippen LogP contribution in [0, 0.1) is 0 Å². The van der Waals surface area contributed by atoms with E-state index in [0.29, 0.717) is 17.7 Å². The summed E-state index contributed by atoms with van der Waals surface area (Å²) in [4.78, 5) is 0.